The number of aromatic nitrogens is 1. The predicted octanol–water partition coefficient (Wildman–Crippen LogP) is -0.517. The Balaban J connectivity index is 1.68. The number of nitrogens with two attached hydrogens (primary N) is 1. The van der Waals surface area contributed by atoms with E-state index in [2.05, 4.69) is 5.32 Å². The summed E-state index contributed by atoms with van der Waals surface area (Å²) >= 11 is 0. The fourth-order valence-electron chi connectivity index (χ4n) is 3.18. The average Bonchev–Trinajstić information content (AvgIpc) is 3.13. The van der Waals surface area contributed by atoms with E-state index in [-0.39, 0.29) is 30.5 Å². The molecule has 1 aliphatic rings. The van der Waals surface area contributed by atoms with Gasteiger partial charge in [-0.1, -0.05) is 6.07 Å². The molecule has 1 aromatic carbocycles. The zero-order valence-electron chi connectivity index (χ0n) is 15.8. The summed E-state index contributed by atoms with van der Waals surface area (Å²) in [4.78, 5) is 49.4. The van der Waals surface area contributed by atoms with Crippen molar-refractivity contribution in [1.82, 2.24) is 14.8 Å². The molecule has 1 aromatic heterocycles. The van der Waals surface area contributed by atoms with Crippen LogP contribution in [0.15, 0.2) is 53.5 Å². The van der Waals surface area contributed by atoms with Crippen molar-refractivity contribution in [3.05, 3.63) is 71.0 Å². The Morgan fingerprint density at radius 2 is 1.90 bits per heavy atom. The van der Waals surface area contributed by atoms with Gasteiger partial charge in [-0.25, -0.2) is 0 Å². The van der Waals surface area contributed by atoms with Crippen molar-refractivity contribution in [3.63, 3.8) is 0 Å². The Labute approximate surface area is 167 Å². The molecule has 1 aliphatic heterocycles. The molecule has 0 saturated carbocycles. The molecule has 29 heavy (non-hydrogen) atoms. The van der Waals surface area contributed by atoms with Crippen molar-refractivity contribution in [2.75, 3.05) is 20.3 Å². The summed E-state index contributed by atoms with van der Waals surface area (Å²) in [5, 5.41) is 2.77. The maximum Gasteiger partial charge on any atom is 0.255 e. The third-order valence-corrected chi connectivity index (χ3v) is 4.57. The van der Waals surface area contributed by atoms with Gasteiger partial charge in [0.15, 0.2) is 0 Å². The van der Waals surface area contributed by atoms with Crippen LogP contribution in [-0.2, 0) is 14.3 Å². The van der Waals surface area contributed by atoms with Crippen LogP contribution < -0.4 is 16.6 Å². The minimum Gasteiger partial charge on any atom is -0.375 e. The average molecular weight is 397 g/mol. The Bertz CT molecular complexity index is 969. The topological polar surface area (TPSA) is 124 Å². The maximum absolute atomic E-state index is 12.6. The smallest absolute Gasteiger partial charge is 0.255 e. The van der Waals surface area contributed by atoms with Crippen molar-refractivity contribution < 1.29 is 19.1 Å². The van der Waals surface area contributed by atoms with Crippen molar-refractivity contribution >= 4 is 17.7 Å². The molecule has 1 radical (unpaired) electrons. The number of nitrogens with one attached hydrogen (secondary N) is 1. The normalized spacial score (nSPS) is 18.4. The molecule has 1 saturated heterocycles. The van der Waals surface area contributed by atoms with Gasteiger partial charge in [-0.3, -0.25) is 23.7 Å². The summed E-state index contributed by atoms with van der Waals surface area (Å²) in [5.74, 6) is -1.44. The quantitative estimate of drug-likeness (QED) is 0.679. The molecular formula is C20H21N4O5. The third kappa shape index (κ3) is 4.52. The minimum absolute atomic E-state index is 0.124. The molecule has 9 heteroatoms. The molecule has 151 valence electrons. The van der Waals surface area contributed by atoms with Gasteiger partial charge in [0, 0.05) is 43.6 Å². The Morgan fingerprint density at radius 1 is 1.17 bits per heavy atom. The fraction of sp³-hybridized carbons (Fsp3) is 0.250. The number of carbonyl (C=O) groups excluding carboxylic acids is 3. The number of likely N-dealkylation sites (tertiary alicyclic amines) is 1. The van der Waals surface area contributed by atoms with Crippen molar-refractivity contribution in [2.24, 2.45) is 5.73 Å². The first-order chi connectivity index (χ1) is 13.9. The lowest BCUT2D eigenvalue weighted by molar-refractivity contribution is -0.139. The first kappa shape index (κ1) is 20.3. The van der Waals surface area contributed by atoms with Gasteiger partial charge < -0.3 is 20.7 Å². The number of methoxy groups -OCH3 is 1. The summed E-state index contributed by atoms with van der Waals surface area (Å²) in [5.41, 5.74) is 6.20. The number of hydrogen-bond acceptors (Lipinski definition) is 5. The van der Waals surface area contributed by atoms with E-state index in [4.69, 9.17) is 10.5 Å². The van der Waals surface area contributed by atoms with Crippen LogP contribution in [0.1, 0.15) is 10.4 Å². The molecule has 1 fully saturated rings. The van der Waals surface area contributed by atoms with Gasteiger partial charge >= 0.3 is 0 Å². The van der Waals surface area contributed by atoms with Gasteiger partial charge in [-0.15, -0.1) is 0 Å². The monoisotopic (exact) mass is 397 g/mol. The number of benzene rings is 1. The minimum atomic E-state index is -0.907. The molecule has 0 spiro atoms. The van der Waals surface area contributed by atoms with Crippen LogP contribution in [0.5, 0.6) is 0 Å². The molecule has 3 N–H and O–H groups in total. The summed E-state index contributed by atoms with van der Waals surface area (Å²) in [6.07, 6.45) is 3.17. The number of hydrogen-bond donors (Lipinski definition) is 2. The van der Waals surface area contributed by atoms with Crippen molar-refractivity contribution in [1.29, 1.82) is 0 Å². The van der Waals surface area contributed by atoms with E-state index in [0.29, 0.717) is 11.3 Å². The highest BCUT2D eigenvalue weighted by Gasteiger charge is 2.39. The fourth-order valence-corrected chi connectivity index (χ4v) is 3.18. The van der Waals surface area contributed by atoms with Crippen LogP contribution >= 0.6 is 0 Å². The SMILES string of the molecule is COCC(=O)N1CC(NC(=O)c2ccc(-n3ccccc3=O)cc2)[CH]C1C(N)=O. The summed E-state index contributed by atoms with van der Waals surface area (Å²) < 4.78 is 6.28. The predicted molar refractivity (Wildman–Crippen MR) is 104 cm³/mol. The highest BCUT2D eigenvalue weighted by molar-refractivity contribution is 5.95. The number of pyridine rings is 1. The molecule has 3 rings (SSSR count). The number of rotatable bonds is 6. The first-order valence-corrected chi connectivity index (χ1v) is 8.92. The number of amides is 3. The summed E-state index contributed by atoms with van der Waals surface area (Å²) in [6, 6.07) is 9.92. The molecule has 3 amide bonds. The van der Waals surface area contributed by atoms with Gasteiger partial charge in [0.25, 0.3) is 11.5 Å². The Kier molecular flexibility index (Phi) is 6.08. The van der Waals surface area contributed by atoms with Gasteiger partial charge in [0.05, 0.1) is 6.04 Å². The van der Waals surface area contributed by atoms with Crippen molar-refractivity contribution in [3.8, 4) is 5.69 Å². The zero-order chi connectivity index (χ0) is 21.0. The second-order valence-corrected chi connectivity index (χ2v) is 6.55. The van der Waals surface area contributed by atoms with E-state index in [0.717, 1.165) is 0 Å². The molecule has 9 nitrogen and oxygen atoms in total. The lowest BCUT2D eigenvalue weighted by atomic mass is 10.1. The van der Waals surface area contributed by atoms with Gasteiger partial charge in [0.1, 0.15) is 12.6 Å². The molecule has 2 aromatic rings. The molecule has 0 bridgehead atoms. The van der Waals surface area contributed by atoms with E-state index in [1.54, 1.807) is 42.6 Å². The zero-order valence-corrected chi connectivity index (χ0v) is 15.8. The molecule has 2 heterocycles. The third-order valence-electron chi connectivity index (χ3n) is 4.57. The molecule has 2 atom stereocenters. The van der Waals surface area contributed by atoms with Crippen LogP contribution in [0.3, 0.4) is 0 Å². The maximum atomic E-state index is 12.6. The van der Waals surface area contributed by atoms with E-state index in [9.17, 15) is 19.2 Å². The van der Waals surface area contributed by atoms with Crippen LogP contribution in [-0.4, -0.2) is 59.5 Å². The van der Waals surface area contributed by atoms with E-state index in [1.165, 1.54) is 29.1 Å². The number of primary amides is 1. The lowest BCUT2D eigenvalue weighted by Crippen LogP contribution is -2.45. The molecule has 2 unspecified atom stereocenters. The van der Waals surface area contributed by atoms with Gasteiger partial charge in [-0.05, 0) is 30.3 Å². The van der Waals surface area contributed by atoms with Crippen molar-refractivity contribution in [2.45, 2.75) is 12.1 Å². The van der Waals surface area contributed by atoms with Gasteiger partial charge in [0.2, 0.25) is 11.8 Å². The van der Waals surface area contributed by atoms with Gasteiger partial charge in [-0.2, -0.15) is 0 Å². The van der Waals surface area contributed by atoms with Crippen LogP contribution in [0.4, 0.5) is 0 Å². The second kappa shape index (κ2) is 8.70. The summed E-state index contributed by atoms with van der Waals surface area (Å²) in [7, 11) is 1.38. The van der Waals surface area contributed by atoms with Crippen LogP contribution in [0, 0.1) is 6.42 Å². The standard InChI is InChI=1S/C20H21N4O5/c1-29-12-18(26)24-11-14(10-16(24)19(21)27)22-20(28)13-5-7-15(8-6-13)23-9-3-2-4-17(23)25/h2-10,14,16H,11-12H2,1H3,(H2,21,27)(H,22,28). The highest BCUT2D eigenvalue weighted by atomic mass is 16.5. The van der Waals surface area contributed by atoms with E-state index < -0.39 is 18.0 Å². The number of nitrogens with zero attached hydrogens (tertiary/aromatic N) is 2. The number of carbonyl (C=O) groups is 3. The first-order valence-electron chi connectivity index (χ1n) is 8.92. The Hall–Kier alpha value is -3.46. The van der Waals surface area contributed by atoms with Crippen LogP contribution in [0.2, 0.25) is 0 Å². The Morgan fingerprint density at radius 3 is 2.52 bits per heavy atom. The van der Waals surface area contributed by atoms with E-state index >= 15 is 0 Å². The molecular weight excluding hydrogens is 376 g/mol. The van der Waals surface area contributed by atoms with E-state index in [1.807, 2.05) is 0 Å². The second-order valence-electron chi connectivity index (χ2n) is 6.55. The highest BCUT2D eigenvalue weighted by Crippen LogP contribution is 2.18. The van der Waals surface area contributed by atoms with Crippen LogP contribution in [0.25, 0.3) is 5.69 Å². The number of ether oxygens (including phenoxy) is 1. The lowest BCUT2D eigenvalue weighted by Gasteiger charge is -2.21. The largest absolute Gasteiger partial charge is 0.375 e. The molecule has 0 aliphatic carbocycles. The summed E-state index contributed by atoms with van der Waals surface area (Å²) in [6.45, 7) is -0.0579.